The van der Waals surface area contributed by atoms with Gasteiger partial charge in [0.05, 0.1) is 16.6 Å². The standard InChI is InChI=1S/C41H24N2/c1-2-8-29-25(7-1)16-19-33-32-11-5-10-31-28(20-21-36(39(29)33)40(31)32)26-14-17-27(18-15-26)43-38-13-4-3-9-30(38)34-22-23-37-35(41(34)43)12-6-24-42-37/h1-24H. The molecular formula is C41H24N2. The summed E-state index contributed by atoms with van der Waals surface area (Å²) in [7, 11) is 0. The van der Waals surface area contributed by atoms with Gasteiger partial charge in [-0.25, -0.2) is 0 Å². The highest BCUT2D eigenvalue weighted by molar-refractivity contribution is 6.23. The van der Waals surface area contributed by atoms with Gasteiger partial charge in [-0.15, -0.1) is 0 Å². The fourth-order valence-corrected chi connectivity index (χ4v) is 7.55. The van der Waals surface area contributed by atoms with Crippen LogP contribution in [-0.4, -0.2) is 9.55 Å². The Balaban J connectivity index is 1.17. The molecule has 2 aromatic heterocycles. The number of aromatic nitrogens is 2. The first kappa shape index (κ1) is 22.9. The second-order valence-corrected chi connectivity index (χ2v) is 11.5. The summed E-state index contributed by atoms with van der Waals surface area (Å²) in [4.78, 5) is 4.66. The lowest BCUT2D eigenvalue weighted by Crippen LogP contribution is -1.95. The van der Waals surface area contributed by atoms with Crippen molar-refractivity contribution in [3.63, 3.8) is 0 Å². The summed E-state index contributed by atoms with van der Waals surface area (Å²) in [5, 5.41) is 8.94. The molecule has 2 heterocycles. The first-order valence-electron chi connectivity index (χ1n) is 14.8. The molecule has 1 aliphatic carbocycles. The molecule has 0 bridgehead atoms. The Labute approximate surface area is 248 Å². The van der Waals surface area contributed by atoms with Crippen LogP contribution in [0, 0.1) is 0 Å². The lowest BCUT2D eigenvalue weighted by Gasteiger charge is -2.13. The Kier molecular flexibility index (Phi) is 4.48. The van der Waals surface area contributed by atoms with Crippen molar-refractivity contribution >= 4 is 54.3 Å². The summed E-state index contributed by atoms with van der Waals surface area (Å²) >= 11 is 0. The maximum absolute atomic E-state index is 4.66. The number of fused-ring (bicyclic) bond motifs is 10. The summed E-state index contributed by atoms with van der Waals surface area (Å²) in [5.74, 6) is 0. The van der Waals surface area contributed by atoms with E-state index < -0.39 is 0 Å². The summed E-state index contributed by atoms with van der Waals surface area (Å²) in [6, 6.07) is 51.0. The number of benzene rings is 7. The highest BCUT2D eigenvalue weighted by Gasteiger charge is 2.24. The molecule has 7 aromatic carbocycles. The Morgan fingerprint density at radius 2 is 1.21 bits per heavy atom. The van der Waals surface area contributed by atoms with Crippen LogP contribution in [-0.2, 0) is 0 Å². The molecule has 43 heavy (non-hydrogen) atoms. The van der Waals surface area contributed by atoms with Gasteiger partial charge in [-0.3, -0.25) is 4.98 Å². The van der Waals surface area contributed by atoms with Crippen LogP contribution in [0.4, 0.5) is 0 Å². The van der Waals surface area contributed by atoms with E-state index in [1.54, 1.807) is 0 Å². The van der Waals surface area contributed by atoms with Gasteiger partial charge in [0.2, 0.25) is 0 Å². The first-order valence-corrected chi connectivity index (χ1v) is 14.8. The van der Waals surface area contributed by atoms with Crippen LogP contribution >= 0.6 is 0 Å². The van der Waals surface area contributed by atoms with Gasteiger partial charge in [-0.2, -0.15) is 0 Å². The van der Waals surface area contributed by atoms with Crippen molar-refractivity contribution in [1.29, 1.82) is 0 Å². The number of para-hydroxylation sites is 1. The minimum absolute atomic E-state index is 1.01. The summed E-state index contributed by atoms with van der Waals surface area (Å²) in [6.45, 7) is 0. The maximum atomic E-state index is 4.66. The van der Waals surface area contributed by atoms with Crippen LogP contribution in [0.15, 0.2) is 146 Å². The van der Waals surface area contributed by atoms with Crippen molar-refractivity contribution in [1.82, 2.24) is 9.55 Å². The quantitative estimate of drug-likeness (QED) is 0.212. The van der Waals surface area contributed by atoms with Crippen LogP contribution in [0.1, 0.15) is 0 Å². The lowest BCUT2D eigenvalue weighted by molar-refractivity contribution is 1.19. The molecule has 198 valence electrons. The normalized spacial score (nSPS) is 12.2. The molecule has 0 aliphatic heterocycles. The molecule has 2 heteroatoms. The SMILES string of the molecule is c1ccc2c3c(ccc2c1)-c1cccc2c(-c4ccc(-n5c6ccccc6c6ccc7ncccc7c65)cc4)ccc-3c12. The molecule has 0 radical (unpaired) electrons. The largest absolute Gasteiger partial charge is 0.309 e. The third kappa shape index (κ3) is 3.05. The molecule has 0 fully saturated rings. The predicted octanol–water partition coefficient (Wildman–Crippen LogP) is 11.0. The molecule has 0 spiro atoms. The lowest BCUT2D eigenvalue weighted by atomic mass is 9.93. The van der Waals surface area contributed by atoms with Gasteiger partial charge in [-0.1, -0.05) is 103 Å². The van der Waals surface area contributed by atoms with E-state index >= 15 is 0 Å². The van der Waals surface area contributed by atoms with E-state index in [2.05, 4.69) is 143 Å². The van der Waals surface area contributed by atoms with Crippen LogP contribution in [0.25, 0.3) is 93.3 Å². The smallest absolute Gasteiger partial charge is 0.0723 e. The van der Waals surface area contributed by atoms with Crippen molar-refractivity contribution in [2.24, 2.45) is 0 Å². The molecule has 2 nitrogen and oxygen atoms in total. The predicted molar refractivity (Wildman–Crippen MR) is 181 cm³/mol. The van der Waals surface area contributed by atoms with E-state index in [9.17, 15) is 0 Å². The molecule has 9 aromatic rings. The average Bonchev–Trinajstić information content (AvgIpc) is 3.60. The monoisotopic (exact) mass is 544 g/mol. The number of hydrogen-bond acceptors (Lipinski definition) is 1. The van der Waals surface area contributed by atoms with Crippen LogP contribution in [0.2, 0.25) is 0 Å². The van der Waals surface area contributed by atoms with Gasteiger partial charge in [-0.05, 0) is 91.3 Å². The van der Waals surface area contributed by atoms with Crippen molar-refractivity contribution in [2.75, 3.05) is 0 Å². The van der Waals surface area contributed by atoms with E-state index in [1.807, 2.05) is 12.3 Å². The van der Waals surface area contributed by atoms with Gasteiger partial charge < -0.3 is 4.57 Å². The van der Waals surface area contributed by atoms with Gasteiger partial charge in [0.15, 0.2) is 0 Å². The third-order valence-corrected chi connectivity index (χ3v) is 9.38. The summed E-state index contributed by atoms with van der Waals surface area (Å²) in [6.07, 6.45) is 1.87. The molecule has 0 amide bonds. The summed E-state index contributed by atoms with van der Waals surface area (Å²) in [5.41, 5.74) is 12.4. The highest BCUT2D eigenvalue weighted by atomic mass is 15.0. The molecule has 1 aliphatic rings. The number of pyridine rings is 1. The molecule has 10 rings (SSSR count). The Morgan fingerprint density at radius 3 is 2.14 bits per heavy atom. The Bertz CT molecular complexity index is 2600. The highest BCUT2D eigenvalue weighted by Crippen LogP contribution is 2.51. The fraction of sp³-hybridized carbons (Fsp3) is 0. The minimum atomic E-state index is 1.01. The zero-order valence-corrected chi connectivity index (χ0v) is 23.3. The molecule has 0 atom stereocenters. The van der Waals surface area contributed by atoms with Gasteiger partial charge in [0.1, 0.15) is 0 Å². The Hall–Kier alpha value is -5.73. The molecule has 0 saturated heterocycles. The van der Waals surface area contributed by atoms with Gasteiger partial charge >= 0.3 is 0 Å². The second-order valence-electron chi connectivity index (χ2n) is 11.5. The van der Waals surface area contributed by atoms with E-state index in [4.69, 9.17) is 0 Å². The zero-order valence-electron chi connectivity index (χ0n) is 23.3. The van der Waals surface area contributed by atoms with Gasteiger partial charge in [0, 0.05) is 28.0 Å². The second kappa shape index (κ2) is 8.40. The summed E-state index contributed by atoms with van der Waals surface area (Å²) < 4.78 is 2.40. The van der Waals surface area contributed by atoms with E-state index in [-0.39, 0.29) is 0 Å². The van der Waals surface area contributed by atoms with Crippen LogP contribution in [0.5, 0.6) is 0 Å². The molecule has 0 unspecified atom stereocenters. The molecular weight excluding hydrogens is 520 g/mol. The number of rotatable bonds is 2. The number of hydrogen-bond donors (Lipinski definition) is 0. The topological polar surface area (TPSA) is 17.8 Å². The van der Waals surface area contributed by atoms with E-state index in [0.717, 1.165) is 11.2 Å². The van der Waals surface area contributed by atoms with Crippen LogP contribution < -0.4 is 0 Å². The average molecular weight is 545 g/mol. The fourth-order valence-electron chi connectivity index (χ4n) is 7.55. The molecule has 0 saturated carbocycles. The van der Waals surface area contributed by atoms with Crippen molar-refractivity contribution in [3.05, 3.63) is 146 Å². The maximum Gasteiger partial charge on any atom is 0.0723 e. The first-order chi connectivity index (χ1) is 21.3. The zero-order chi connectivity index (χ0) is 28.1. The molecule has 0 N–H and O–H groups in total. The van der Waals surface area contributed by atoms with Crippen molar-refractivity contribution < 1.29 is 0 Å². The Morgan fingerprint density at radius 1 is 0.442 bits per heavy atom. The van der Waals surface area contributed by atoms with Crippen molar-refractivity contribution in [2.45, 2.75) is 0 Å². The van der Waals surface area contributed by atoms with E-state index in [1.165, 1.54) is 82.1 Å². The minimum Gasteiger partial charge on any atom is -0.309 e. The third-order valence-electron chi connectivity index (χ3n) is 9.38. The van der Waals surface area contributed by atoms with Crippen molar-refractivity contribution in [3.8, 4) is 39.1 Å². The van der Waals surface area contributed by atoms with Crippen LogP contribution in [0.3, 0.4) is 0 Å². The van der Waals surface area contributed by atoms with E-state index in [0.29, 0.717) is 0 Å². The van der Waals surface area contributed by atoms with Gasteiger partial charge in [0.25, 0.3) is 0 Å². The number of nitrogens with zero attached hydrogens (tertiary/aromatic N) is 2.